The minimum atomic E-state index is -0.490. The van der Waals surface area contributed by atoms with Crippen LogP contribution < -0.4 is 3.58 Å². The molecule has 0 saturated heterocycles. The Morgan fingerprint density at radius 1 is 0.750 bits per heavy atom. The van der Waals surface area contributed by atoms with Crippen molar-refractivity contribution >= 4 is 24.7 Å². The molecule has 0 spiro atoms. The van der Waals surface area contributed by atoms with E-state index in [1.54, 1.807) is 3.58 Å². The first-order valence-electron chi connectivity index (χ1n) is 8.59. The Morgan fingerprint density at radius 3 is 1.60 bits per heavy atom. The van der Waals surface area contributed by atoms with Gasteiger partial charge in [-0.2, -0.15) is 0 Å². The molecule has 0 atom stereocenters. The van der Waals surface area contributed by atoms with E-state index in [9.17, 15) is 0 Å². The van der Waals surface area contributed by atoms with Gasteiger partial charge in [0.2, 0.25) is 0 Å². The van der Waals surface area contributed by atoms with Crippen LogP contribution in [0.2, 0.25) is 3.43 Å². The molecule has 1 aromatic carbocycles. The van der Waals surface area contributed by atoms with Gasteiger partial charge in [0.15, 0.2) is 0 Å². The Bertz CT molecular complexity index is 309. The first kappa shape index (κ1) is 18.1. The van der Waals surface area contributed by atoms with Gasteiger partial charge in [-0.05, 0) is 0 Å². The number of hydrogen-bond donors (Lipinski definition) is 0. The average molecular weight is 379 g/mol. The number of hydrogen-bond acceptors (Lipinski definition) is 0. The van der Waals surface area contributed by atoms with Crippen molar-refractivity contribution in [3.63, 3.8) is 0 Å². The Kier molecular flexibility index (Phi) is 9.67. The summed E-state index contributed by atoms with van der Waals surface area (Å²) in [7, 11) is 0. The zero-order valence-corrected chi connectivity index (χ0v) is 16.6. The van der Waals surface area contributed by atoms with E-state index in [1.165, 1.54) is 57.8 Å². The van der Waals surface area contributed by atoms with E-state index in [4.69, 9.17) is 0 Å². The molecule has 0 aromatic heterocycles. The molecule has 1 aromatic rings. The van der Waals surface area contributed by atoms with Crippen LogP contribution in [0.4, 0.5) is 0 Å². The van der Waals surface area contributed by atoms with E-state index in [0.29, 0.717) is 0 Å². The molecule has 1 rings (SSSR count). The van der Waals surface area contributed by atoms with Crippen molar-refractivity contribution in [2.24, 2.45) is 0 Å². The first-order chi connectivity index (χ1) is 9.76. The molecule has 0 amide bonds. The maximum absolute atomic E-state index is 2.39. The zero-order valence-electron chi connectivity index (χ0n) is 13.8. The molecule has 0 nitrogen and oxygen atoms in total. The number of benzene rings is 1. The quantitative estimate of drug-likeness (QED) is 0.430. The molecule has 0 aliphatic rings. The molecule has 0 unspecified atom stereocenters. The summed E-state index contributed by atoms with van der Waals surface area (Å²) in [4.78, 5) is 0. The molecule has 20 heavy (non-hydrogen) atoms. The van der Waals surface area contributed by atoms with Crippen LogP contribution in [0.25, 0.3) is 0 Å². The molecule has 0 aliphatic carbocycles. The second kappa shape index (κ2) is 10.7. The number of unbranched alkanes of at least 4 members (excludes halogenated alkanes) is 3. The van der Waals surface area contributed by atoms with Crippen LogP contribution in [0.5, 0.6) is 0 Å². The average Bonchev–Trinajstić information content (AvgIpc) is 2.49. The summed E-state index contributed by atoms with van der Waals surface area (Å²) in [6.07, 6.45) is 12.8. The molecule has 2 radical (unpaired) electrons. The van der Waals surface area contributed by atoms with Crippen molar-refractivity contribution in [2.45, 2.75) is 82.0 Å². The van der Waals surface area contributed by atoms with Gasteiger partial charge in [0.05, 0.1) is 0 Å². The van der Waals surface area contributed by atoms with E-state index in [2.05, 4.69) is 51.1 Å². The fourth-order valence-electron chi connectivity index (χ4n) is 2.94. The summed E-state index contributed by atoms with van der Waals surface area (Å²) in [5.41, 5.74) is 0. The molecule has 0 saturated carbocycles. The van der Waals surface area contributed by atoms with Crippen molar-refractivity contribution in [1.82, 2.24) is 0 Å². The van der Waals surface area contributed by atoms with Crippen molar-refractivity contribution < 1.29 is 0 Å². The molecule has 0 N–H and O–H groups in total. The predicted octanol–water partition coefficient (Wildman–Crippen LogP) is 5.75. The summed E-state index contributed by atoms with van der Waals surface area (Å²) in [5, 5.41) is 0. The Hall–Kier alpha value is 0.0187. The van der Waals surface area contributed by atoms with E-state index in [-0.39, 0.29) is 0 Å². The topological polar surface area (TPSA) is 0 Å². The normalized spacial score (nSPS) is 11.8. The summed E-state index contributed by atoms with van der Waals surface area (Å²) in [6.45, 7) is 7.04. The number of rotatable bonds is 11. The van der Waals surface area contributed by atoms with Gasteiger partial charge in [0.1, 0.15) is 0 Å². The molecular weight excluding hydrogens is 347 g/mol. The van der Waals surface area contributed by atoms with Crippen LogP contribution in [0, 0.1) is 0 Å². The summed E-state index contributed by atoms with van der Waals surface area (Å²) in [6, 6.07) is 11.4. The van der Waals surface area contributed by atoms with Crippen LogP contribution in [-0.2, 0) is 0 Å². The summed E-state index contributed by atoms with van der Waals surface area (Å²) in [5.74, 6) is 0. The zero-order chi connectivity index (χ0) is 14.7. The van der Waals surface area contributed by atoms with Gasteiger partial charge in [-0.3, -0.25) is 0 Å². The van der Waals surface area contributed by atoms with E-state index in [0.717, 1.165) is 3.43 Å². The van der Waals surface area contributed by atoms with Gasteiger partial charge in [0, 0.05) is 0 Å². The summed E-state index contributed by atoms with van der Waals surface area (Å²) < 4.78 is 2.44. The van der Waals surface area contributed by atoms with Crippen molar-refractivity contribution in [2.75, 3.05) is 0 Å². The Balaban J connectivity index is 2.81. The van der Waals surface area contributed by atoms with Gasteiger partial charge in [-0.1, -0.05) is 0 Å². The van der Waals surface area contributed by atoms with Crippen LogP contribution in [0.15, 0.2) is 30.3 Å². The maximum atomic E-state index is 2.39. The Labute approximate surface area is 137 Å². The second-order valence-electron chi connectivity index (χ2n) is 6.08. The van der Waals surface area contributed by atoms with Gasteiger partial charge >= 0.3 is 137 Å². The molecule has 1 heteroatoms. The third-order valence-corrected chi connectivity index (χ3v) is 9.64. The fraction of sp³-hybridized carbons (Fsp3) is 0.684. The van der Waals surface area contributed by atoms with E-state index < -0.39 is 21.1 Å². The van der Waals surface area contributed by atoms with Gasteiger partial charge in [-0.25, -0.2) is 0 Å². The third-order valence-electron chi connectivity index (χ3n) is 4.21. The molecule has 0 aliphatic heterocycles. The molecule has 0 bridgehead atoms. The fourth-order valence-corrected chi connectivity index (χ4v) is 8.29. The molecule has 0 fully saturated rings. The van der Waals surface area contributed by atoms with Crippen molar-refractivity contribution in [1.29, 1.82) is 0 Å². The Morgan fingerprint density at radius 2 is 1.20 bits per heavy atom. The van der Waals surface area contributed by atoms with E-state index >= 15 is 0 Å². The molecular formula is C19H32Sn. The monoisotopic (exact) mass is 380 g/mol. The van der Waals surface area contributed by atoms with Crippen molar-refractivity contribution in [3.8, 4) is 0 Å². The van der Waals surface area contributed by atoms with Crippen LogP contribution in [0.1, 0.15) is 78.6 Å². The van der Waals surface area contributed by atoms with Gasteiger partial charge in [-0.15, -0.1) is 0 Å². The summed E-state index contributed by atoms with van der Waals surface area (Å²) >= 11 is -0.490. The van der Waals surface area contributed by atoms with Gasteiger partial charge < -0.3 is 0 Å². The van der Waals surface area contributed by atoms with Crippen LogP contribution in [0.3, 0.4) is 0 Å². The molecule has 112 valence electrons. The standard InChI is InChI=1S/C13H27.C6H5.Sn/c1-4-7-10-13(11-8-5-2)12-9-6-3;1-2-4-6-5-3-1;/h4-12H2,1-3H3;1-5H;. The predicted molar refractivity (Wildman–Crippen MR) is 93.1 cm³/mol. The van der Waals surface area contributed by atoms with Crippen LogP contribution >= 0.6 is 0 Å². The van der Waals surface area contributed by atoms with Gasteiger partial charge in [0.25, 0.3) is 0 Å². The van der Waals surface area contributed by atoms with E-state index in [1.807, 2.05) is 0 Å². The first-order valence-corrected chi connectivity index (χ1v) is 11.4. The third kappa shape index (κ3) is 6.65. The molecule has 0 heterocycles. The minimum absolute atomic E-state index is 0.490. The van der Waals surface area contributed by atoms with Crippen LogP contribution in [-0.4, -0.2) is 21.1 Å². The van der Waals surface area contributed by atoms with Crippen molar-refractivity contribution in [3.05, 3.63) is 30.3 Å². The SMILES string of the molecule is CCCC[C](CCCC)(CCCC)[Sn][c]1ccccc1. The second-order valence-corrected chi connectivity index (χ2v) is 11.5.